The Bertz CT molecular complexity index is 363. The minimum absolute atomic E-state index is 0.579. The fourth-order valence-electron chi connectivity index (χ4n) is 3.11. The smallest absolute Gasteiger partial charge is 0.0420 e. The van der Waals surface area contributed by atoms with Gasteiger partial charge in [-0.1, -0.05) is 19.8 Å². The lowest BCUT2D eigenvalue weighted by molar-refractivity contribution is 0.359. The van der Waals surface area contributed by atoms with Crippen LogP contribution in [0.4, 0.5) is 0 Å². The summed E-state index contributed by atoms with van der Waals surface area (Å²) in [7, 11) is 2.09. The number of aromatic nitrogens is 1. The number of hydrogen-bond donors (Lipinski definition) is 1. The number of rotatable bonds is 5. The Balaban J connectivity index is 1.95. The van der Waals surface area contributed by atoms with E-state index in [4.69, 9.17) is 0 Å². The Morgan fingerprint density at radius 3 is 2.83 bits per heavy atom. The van der Waals surface area contributed by atoms with E-state index >= 15 is 0 Å². The molecule has 2 nitrogen and oxygen atoms in total. The fraction of sp³-hybridized carbons (Fsp3) is 0.667. The normalized spacial score (nSPS) is 25.3. The highest BCUT2D eigenvalue weighted by molar-refractivity contribution is 9.10. The lowest BCUT2D eigenvalue weighted by Crippen LogP contribution is -2.34. The first-order chi connectivity index (χ1) is 8.72. The Kier molecular flexibility index (Phi) is 5.19. The van der Waals surface area contributed by atoms with Crippen molar-refractivity contribution in [3.63, 3.8) is 0 Å². The average Bonchev–Trinajstić information content (AvgIpc) is 2.87. The highest BCUT2D eigenvalue weighted by Gasteiger charge is 2.29. The minimum Gasteiger partial charge on any atom is -0.316 e. The Morgan fingerprint density at radius 1 is 1.44 bits per heavy atom. The molecule has 0 saturated heterocycles. The third-order valence-corrected chi connectivity index (χ3v) is 4.79. The molecular weight excluding hydrogens is 288 g/mol. The van der Waals surface area contributed by atoms with Crippen LogP contribution in [0.15, 0.2) is 22.8 Å². The molecule has 0 spiro atoms. The van der Waals surface area contributed by atoms with Crippen molar-refractivity contribution in [2.24, 2.45) is 11.8 Å². The minimum atomic E-state index is 0.579. The van der Waals surface area contributed by atoms with E-state index in [0.717, 1.165) is 22.7 Å². The van der Waals surface area contributed by atoms with Gasteiger partial charge in [-0.15, -0.1) is 0 Å². The molecule has 1 aliphatic carbocycles. The van der Waals surface area contributed by atoms with Gasteiger partial charge in [0.05, 0.1) is 0 Å². The van der Waals surface area contributed by atoms with E-state index in [1.165, 1.54) is 31.4 Å². The summed E-state index contributed by atoms with van der Waals surface area (Å²) < 4.78 is 1.05. The molecule has 1 aliphatic rings. The van der Waals surface area contributed by atoms with Gasteiger partial charge in [-0.2, -0.15) is 0 Å². The fourth-order valence-corrected chi connectivity index (χ4v) is 3.34. The first kappa shape index (κ1) is 14.0. The van der Waals surface area contributed by atoms with Crippen molar-refractivity contribution in [3.05, 3.63) is 28.5 Å². The van der Waals surface area contributed by atoms with Gasteiger partial charge in [0.25, 0.3) is 0 Å². The van der Waals surface area contributed by atoms with Crippen molar-refractivity contribution in [2.75, 3.05) is 7.05 Å². The second-order valence-corrected chi connectivity index (χ2v) is 6.33. The van der Waals surface area contributed by atoms with Crippen LogP contribution in [0.25, 0.3) is 0 Å². The molecule has 0 aromatic carbocycles. The summed E-state index contributed by atoms with van der Waals surface area (Å²) in [5.74, 6) is 1.77. The lowest BCUT2D eigenvalue weighted by atomic mass is 9.92. The molecule has 0 radical (unpaired) electrons. The largest absolute Gasteiger partial charge is 0.316 e. The third kappa shape index (κ3) is 3.55. The van der Waals surface area contributed by atoms with Gasteiger partial charge in [-0.25, -0.2) is 0 Å². The number of hydrogen-bond acceptors (Lipinski definition) is 2. The van der Waals surface area contributed by atoms with Gasteiger partial charge in [-0.05, 0) is 59.8 Å². The van der Waals surface area contributed by atoms with E-state index < -0.39 is 0 Å². The molecule has 1 N–H and O–H groups in total. The van der Waals surface area contributed by atoms with Gasteiger partial charge in [0.1, 0.15) is 0 Å². The van der Waals surface area contributed by atoms with Crippen LogP contribution in [0, 0.1) is 11.8 Å². The summed E-state index contributed by atoms with van der Waals surface area (Å²) in [5.41, 5.74) is 1.19. The van der Waals surface area contributed by atoms with Gasteiger partial charge < -0.3 is 5.32 Å². The molecule has 3 atom stereocenters. The molecule has 3 heteroatoms. The van der Waals surface area contributed by atoms with E-state index in [1.54, 1.807) is 0 Å². The van der Waals surface area contributed by atoms with Crippen LogP contribution >= 0.6 is 15.9 Å². The molecule has 0 bridgehead atoms. The van der Waals surface area contributed by atoms with Crippen molar-refractivity contribution in [2.45, 2.75) is 45.1 Å². The van der Waals surface area contributed by atoms with Crippen molar-refractivity contribution < 1.29 is 0 Å². The van der Waals surface area contributed by atoms with Crippen LogP contribution in [0.1, 0.15) is 38.3 Å². The van der Waals surface area contributed by atoms with Crippen molar-refractivity contribution >= 4 is 15.9 Å². The summed E-state index contributed by atoms with van der Waals surface area (Å²) in [5, 5.41) is 3.50. The zero-order chi connectivity index (χ0) is 13.0. The van der Waals surface area contributed by atoms with Crippen molar-refractivity contribution in [3.8, 4) is 0 Å². The SMILES string of the molecule is CCC1CCC(C(Cc2ccc(Br)cn2)NC)C1. The molecule has 1 heterocycles. The monoisotopic (exact) mass is 310 g/mol. The molecule has 100 valence electrons. The van der Waals surface area contributed by atoms with Crippen LogP contribution < -0.4 is 5.32 Å². The maximum atomic E-state index is 4.49. The summed E-state index contributed by atoms with van der Waals surface area (Å²) in [4.78, 5) is 4.49. The molecule has 1 saturated carbocycles. The first-order valence-electron chi connectivity index (χ1n) is 7.00. The number of nitrogens with zero attached hydrogens (tertiary/aromatic N) is 1. The molecule has 0 aliphatic heterocycles. The van der Waals surface area contributed by atoms with Gasteiger partial charge in [-0.3, -0.25) is 4.98 Å². The summed E-state index contributed by atoms with van der Waals surface area (Å²) in [6, 6.07) is 4.79. The topological polar surface area (TPSA) is 24.9 Å². The van der Waals surface area contributed by atoms with Crippen LogP contribution in [-0.2, 0) is 6.42 Å². The van der Waals surface area contributed by atoms with E-state index in [9.17, 15) is 0 Å². The van der Waals surface area contributed by atoms with Crippen LogP contribution in [0.2, 0.25) is 0 Å². The second-order valence-electron chi connectivity index (χ2n) is 5.41. The molecule has 3 unspecified atom stereocenters. The quantitative estimate of drug-likeness (QED) is 0.894. The van der Waals surface area contributed by atoms with E-state index in [-0.39, 0.29) is 0 Å². The second kappa shape index (κ2) is 6.67. The standard InChI is InChI=1S/C15H23BrN2/c1-3-11-4-5-12(8-11)15(17-2)9-14-7-6-13(16)10-18-14/h6-7,10-12,15,17H,3-5,8-9H2,1-2H3. The van der Waals surface area contributed by atoms with Crippen LogP contribution in [-0.4, -0.2) is 18.1 Å². The predicted molar refractivity (Wildman–Crippen MR) is 79.6 cm³/mol. The maximum Gasteiger partial charge on any atom is 0.0420 e. The maximum absolute atomic E-state index is 4.49. The van der Waals surface area contributed by atoms with Gasteiger partial charge in [0.15, 0.2) is 0 Å². The zero-order valence-electron chi connectivity index (χ0n) is 11.3. The lowest BCUT2D eigenvalue weighted by Gasteiger charge is -2.23. The highest BCUT2D eigenvalue weighted by Crippen LogP contribution is 2.35. The summed E-state index contributed by atoms with van der Waals surface area (Å²) >= 11 is 3.43. The van der Waals surface area contributed by atoms with E-state index in [0.29, 0.717) is 6.04 Å². The summed E-state index contributed by atoms with van der Waals surface area (Å²) in [6.07, 6.45) is 8.45. The Labute approximate surface area is 119 Å². The van der Waals surface area contributed by atoms with Gasteiger partial charge in [0.2, 0.25) is 0 Å². The van der Waals surface area contributed by atoms with Crippen molar-refractivity contribution in [1.29, 1.82) is 0 Å². The molecular formula is C15H23BrN2. The van der Waals surface area contributed by atoms with Crippen LogP contribution in [0.3, 0.4) is 0 Å². The van der Waals surface area contributed by atoms with E-state index in [2.05, 4.69) is 52.3 Å². The molecule has 1 aromatic rings. The molecule has 2 rings (SSSR count). The number of nitrogens with one attached hydrogen (secondary N) is 1. The zero-order valence-corrected chi connectivity index (χ0v) is 12.9. The Hall–Kier alpha value is -0.410. The highest BCUT2D eigenvalue weighted by atomic mass is 79.9. The predicted octanol–water partition coefficient (Wildman–Crippen LogP) is 3.80. The number of halogens is 1. The number of likely N-dealkylation sites (N-methyl/N-ethyl adjacent to an activating group) is 1. The Morgan fingerprint density at radius 2 is 2.28 bits per heavy atom. The van der Waals surface area contributed by atoms with Gasteiger partial charge >= 0.3 is 0 Å². The average molecular weight is 311 g/mol. The van der Waals surface area contributed by atoms with Crippen LogP contribution in [0.5, 0.6) is 0 Å². The third-order valence-electron chi connectivity index (χ3n) is 4.32. The number of pyridine rings is 1. The summed E-state index contributed by atoms with van der Waals surface area (Å²) in [6.45, 7) is 2.32. The molecule has 1 aromatic heterocycles. The molecule has 0 amide bonds. The molecule has 1 fully saturated rings. The molecule has 18 heavy (non-hydrogen) atoms. The first-order valence-corrected chi connectivity index (χ1v) is 7.80. The van der Waals surface area contributed by atoms with Crippen molar-refractivity contribution in [1.82, 2.24) is 10.3 Å². The van der Waals surface area contributed by atoms with Gasteiger partial charge in [0, 0.05) is 28.8 Å². The van der Waals surface area contributed by atoms with E-state index in [1.807, 2.05) is 6.20 Å².